The molecular formula is C7H9NO3. The molecule has 0 aliphatic heterocycles. The molecule has 0 radical (unpaired) electrons. The zero-order valence-corrected chi connectivity index (χ0v) is 6.20. The second-order valence-corrected chi connectivity index (χ2v) is 2.12. The van der Waals surface area contributed by atoms with Gasteiger partial charge in [0.25, 0.3) is 0 Å². The fourth-order valence-corrected chi connectivity index (χ4v) is 0.656. The lowest BCUT2D eigenvalue weighted by molar-refractivity contribution is -0.143. The van der Waals surface area contributed by atoms with Crippen LogP contribution in [0.2, 0.25) is 0 Å². The molecule has 0 aromatic rings. The van der Waals surface area contributed by atoms with E-state index in [1.54, 1.807) is 6.92 Å². The van der Waals surface area contributed by atoms with E-state index in [0.717, 1.165) is 0 Å². The zero-order valence-electron chi connectivity index (χ0n) is 6.20. The average molecular weight is 155 g/mol. The van der Waals surface area contributed by atoms with Crippen LogP contribution in [0.25, 0.3) is 0 Å². The van der Waals surface area contributed by atoms with Crippen LogP contribution in [0, 0.1) is 17.2 Å². The normalized spacial score (nSPS) is 11.6. The monoisotopic (exact) mass is 155 g/mol. The van der Waals surface area contributed by atoms with Crippen molar-refractivity contribution in [3.05, 3.63) is 0 Å². The van der Waals surface area contributed by atoms with Crippen molar-refractivity contribution < 1.29 is 14.7 Å². The Labute approximate surface area is 64.4 Å². The Morgan fingerprint density at radius 3 is 2.45 bits per heavy atom. The van der Waals surface area contributed by atoms with Gasteiger partial charge in [-0.05, 0) is 6.42 Å². The van der Waals surface area contributed by atoms with E-state index in [4.69, 9.17) is 10.4 Å². The fourth-order valence-electron chi connectivity index (χ4n) is 0.656. The van der Waals surface area contributed by atoms with Crippen LogP contribution >= 0.6 is 0 Å². The van der Waals surface area contributed by atoms with Crippen LogP contribution in [-0.2, 0) is 9.59 Å². The van der Waals surface area contributed by atoms with Crippen LogP contribution in [0.3, 0.4) is 0 Å². The summed E-state index contributed by atoms with van der Waals surface area (Å²) < 4.78 is 0. The van der Waals surface area contributed by atoms with Gasteiger partial charge < -0.3 is 5.11 Å². The smallest absolute Gasteiger partial charge is 0.328 e. The molecule has 0 bridgehead atoms. The van der Waals surface area contributed by atoms with Crippen molar-refractivity contribution in [2.75, 3.05) is 0 Å². The van der Waals surface area contributed by atoms with Gasteiger partial charge in [-0.3, -0.25) is 9.59 Å². The maximum Gasteiger partial charge on any atom is 0.328 e. The highest BCUT2D eigenvalue weighted by atomic mass is 16.4. The predicted octanol–water partition coefficient (Wildman–Crippen LogP) is 0.580. The Morgan fingerprint density at radius 2 is 2.18 bits per heavy atom. The number of nitriles is 1. The molecule has 0 amide bonds. The first-order valence-electron chi connectivity index (χ1n) is 3.28. The van der Waals surface area contributed by atoms with E-state index in [2.05, 4.69) is 0 Å². The number of Topliss-reactive ketones (excluding diaryl/α,β-unsaturated/α-hetero) is 1. The number of carbonyl (C=O) groups is 2. The number of carboxylic acid groups (broad SMARTS) is 1. The minimum Gasteiger partial charge on any atom is -0.480 e. The van der Waals surface area contributed by atoms with Gasteiger partial charge >= 0.3 is 5.97 Å². The van der Waals surface area contributed by atoms with Crippen molar-refractivity contribution in [1.82, 2.24) is 0 Å². The Morgan fingerprint density at radius 1 is 1.64 bits per heavy atom. The molecule has 4 nitrogen and oxygen atoms in total. The summed E-state index contributed by atoms with van der Waals surface area (Å²) in [6, 6.07) is 1.44. The molecule has 0 spiro atoms. The van der Waals surface area contributed by atoms with Gasteiger partial charge in [0.2, 0.25) is 5.92 Å². The van der Waals surface area contributed by atoms with E-state index < -0.39 is 17.7 Å². The van der Waals surface area contributed by atoms with E-state index in [1.165, 1.54) is 6.07 Å². The third-order valence-electron chi connectivity index (χ3n) is 1.19. The summed E-state index contributed by atoms with van der Waals surface area (Å²) in [5, 5.41) is 16.6. The molecule has 0 rings (SSSR count). The van der Waals surface area contributed by atoms with Crippen LogP contribution in [0.15, 0.2) is 0 Å². The van der Waals surface area contributed by atoms with Gasteiger partial charge in [-0.25, -0.2) is 0 Å². The third-order valence-corrected chi connectivity index (χ3v) is 1.19. The van der Waals surface area contributed by atoms with Crippen molar-refractivity contribution in [1.29, 1.82) is 5.26 Å². The lowest BCUT2D eigenvalue weighted by Gasteiger charge is -1.99. The minimum atomic E-state index is -1.48. The molecule has 0 aliphatic carbocycles. The number of hydrogen-bond donors (Lipinski definition) is 1. The van der Waals surface area contributed by atoms with Gasteiger partial charge in [-0.1, -0.05) is 6.92 Å². The highest BCUT2D eigenvalue weighted by molar-refractivity contribution is 6.00. The number of rotatable bonds is 4. The first-order chi connectivity index (χ1) is 5.13. The molecule has 0 aromatic heterocycles. The van der Waals surface area contributed by atoms with Crippen LogP contribution in [-0.4, -0.2) is 16.9 Å². The third kappa shape index (κ3) is 2.80. The average Bonchev–Trinajstić information content (AvgIpc) is 1.88. The number of aliphatic carboxylic acids is 1. The minimum absolute atomic E-state index is 0.157. The van der Waals surface area contributed by atoms with E-state index in [9.17, 15) is 9.59 Å². The number of nitrogens with zero attached hydrogens (tertiary/aromatic N) is 1. The summed E-state index contributed by atoms with van der Waals surface area (Å²) in [7, 11) is 0. The highest BCUT2D eigenvalue weighted by Crippen LogP contribution is 2.02. The summed E-state index contributed by atoms with van der Waals surface area (Å²) in [5.74, 6) is -3.34. The first-order valence-corrected chi connectivity index (χ1v) is 3.28. The second-order valence-electron chi connectivity index (χ2n) is 2.12. The summed E-state index contributed by atoms with van der Waals surface area (Å²) in [4.78, 5) is 21.0. The van der Waals surface area contributed by atoms with Gasteiger partial charge in [0.05, 0.1) is 6.07 Å². The summed E-state index contributed by atoms with van der Waals surface area (Å²) in [6.07, 6.45) is 0.731. The van der Waals surface area contributed by atoms with Gasteiger partial charge in [0, 0.05) is 6.42 Å². The molecule has 11 heavy (non-hydrogen) atoms. The van der Waals surface area contributed by atoms with E-state index in [1.807, 2.05) is 0 Å². The predicted molar refractivity (Wildman–Crippen MR) is 36.7 cm³/mol. The molecule has 1 atom stereocenters. The lowest BCUT2D eigenvalue weighted by atomic mass is 10.0. The lowest BCUT2D eigenvalue weighted by Crippen LogP contribution is -2.21. The van der Waals surface area contributed by atoms with E-state index in [-0.39, 0.29) is 6.42 Å². The number of hydrogen-bond acceptors (Lipinski definition) is 3. The SMILES string of the molecule is CCCC(=O)C(C#N)C(=O)O. The van der Waals surface area contributed by atoms with E-state index in [0.29, 0.717) is 6.42 Å². The molecule has 4 heteroatoms. The molecule has 60 valence electrons. The Balaban J connectivity index is 4.18. The molecule has 0 aliphatic rings. The van der Waals surface area contributed by atoms with Crippen LogP contribution in [0.1, 0.15) is 19.8 Å². The van der Waals surface area contributed by atoms with Crippen molar-refractivity contribution in [2.24, 2.45) is 5.92 Å². The summed E-state index contributed by atoms with van der Waals surface area (Å²) >= 11 is 0. The molecule has 1 unspecified atom stereocenters. The maximum absolute atomic E-state index is 10.8. The molecule has 0 saturated carbocycles. The summed E-state index contributed by atoms with van der Waals surface area (Å²) in [6.45, 7) is 1.76. The van der Waals surface area contributed by atoms with Crippen LogP contribution < -0.4 is 0 Å². The Hall–Kier alpha value is -1.37. The quantitative estimate of drug-likeness (QED) is 0.602. The fraction of sp³-hybridized carbons (Fsp3) is 0.571. The standard InChI is InChI=1S/C7H9NO3/c1-2-3-6(9)5(4-8)7(10)11/h5H,2-3H2,1H3,(H,10,11). The maximum atomic E-state index is 10.8. The molecule has 0 saturated heterocycles. The molecule has 0 heterocycles. The van der Waals surface area contributed by atoms with Crippen molar-refractivity contribution in [2.45, 2.75) is 19.8 Å². The van der Waals surface area contributed by atoms with Gasteiger partial charge in [0.1, 0.15) is 0 Å². The topological polar surface area (TPSA) is 78.2 Å². The molecular weight excluding hydrogens is 146 g/mol. The Kier molecular flexibility index (Phi) is 3.89. The van der Waals surface area contributed by atoms with Crippen LogP contribution in [0.4, 0.5) is 0 Å². The van der Waals surface area contributed by atoms with Gasteiger partial charge in [-0.15, -0.1) is 0 Å². The molecule has 0 aromatic carbocycles. The van der Waals surface area contributed by atoms with Crippen molar-refractivity contribution in [3.63, 3.8) is 0 Å². The summed E-state index contributed by atoms with van der Waals surface area (Å²) in [5.41, 5.74) is 0. The first kappa shape index (κ1) is 9.63. The largest absolute Gasteiger partial charge is 0.480 e. The van der Waals surface area contributed by atoms with E-state index >= 15 is 0 Å². The number of ketones is 1. The highest BCUT2D eigenvalue weighted by Gasteiger charge is 2.24. The van der Waals surface area contributed by atoms with Crippen LogP contribution in [0.5, 0.6) is 0 Å². The molecule has 1 N–H and O–H groups in total. The Bertz CT molecular complexity index is 204. The van der Waals surface area contributed by atoms with Gasteiger partial charge in [0.15, 0.2) is 5.78 Å². The van der Waals surface area contributed by atoms with Gasteiger partial charge in [-0.2, -0.15) is 5.26 Å². The second kappa shape index (κ2) is 4.45. The van der Waals surface area contributed by atoms with Crippen molar-refractivity contribution >= 4 is 11.8 Å². The number of carboxylic acids is 1. The zero-order chi connectivity index (χ0) is 8.85. The number of carbonyl (C=O) groups excluding carboxylic acids is 1. The molecule has 0 fully saturated rings. The van der Waals surface area contributed by atoms with Crippen molar-refractivity contribution in [3.8, 4) is 6.07 Å².